The van der Waals surface area contributed by atoms with Gasteiger partial charge >= 0.3 is 0 Å². The molecule has 1 aromatic carbocycles. The van der Waals surface area contributed by atoms with E-state index in [0.717, 1.165) is 0 Å². The molecule has 0 spiro atoms. The molecule has 122 valence electrons. The van der Waals surface area contributed by atoms with Gasteiger partial charge in [-0.3, -0.25) is 4.79 Å². The van der Waals surface area contributed by atoms with E-state index in [1.807, 2.05) is 0 Å². The van der Waals surface area contributed by atoms with Gasteiger partial charge in [-0.05, 0) is 17.7 Å². The number of amides is 1. The first-order valence-corrected chi connectivity index (χ1v) is 7.28. The van der Waals surface area contributed by atoms with E-state index in [1.165, 1.54) is 20.3 Å². The zero-order valence-corrected chi connectivity index (χ0v) is 13.6. The van der Waals surface area contributed by atoms with Crippen molar-refractivity contribution in [2.45, 2.75) is 12.0 Å². The lowest BCUT2D eigenvalue weighted by molar-refractivity contribution is -0.113. The third kappa shape index (κ3) is 3.41. The van der Waals surface area contributed by atoms with E-state index in [1.54, 1.807) is 36.4 Å². The van der Waals surface area contributed by atoms with Crippen LogP contribution in [0.1, 0.15) is 12.0 Å². The number of para-hydroxylation sites is 1. The normalized spacial score (nSPS) is 20.9. The van der Waals surface area contributed by atoms with Gasteiger partial charge < -0.3 is 20.3 Å². The number of rotatable bonds is 5. The minimum absolute atomic E-state index is 0.188. The van der Waals surface area contributed by atoms with E-state index in [9.17, 15) is 9.90 Å². The summed E-state index contributed by atoms with van der Waals surface area (Å²) >= 11 is 6.15. The lowest BCUT2D eigenvalue weighted by Crippen LogP contribution is -2.32. The molecule has 2 rings (SSSR count). The number of hydrogen-bond donors (Lipinski definition) is 2. The quantitative estimate of drug-likeness (QED) is 0.810. The molecule has 0 saturated carbocycles. The average Bonchev–Trinajstić information content (AvgIpc) is 2.52. The zero-order valence-electron chi connectivity index (χ0n) is 12.9. The molecule has 0 aromatic heterocycles. The number of halogens is 1. The second-order valence-electron chi connectivity index (χ2n) is 5.07. The summed E-state index contributed by atoms with van der Waals surface area (Å²) in [5.41, 5.74) is 4.85. The molecule has 0 bridgehead atoms. The summed E-state index contributed by atoms with van der Waals surface area (Å²) in [5, 5.41) is 11.6. The molecule has 1 amide bonds. The van der Waals surface area contributed by atoms with Gasteiger partial charge in [-0.25, -0.2) is 0 Å². The third-order valence-corrected chi connectivity index (χ3v) is 3.91. The monoisotopic (exact) mass is 335 g/mol. The summed E-state index contributed by atoms with van der Waals surface area (Å²) in [7, 11) is 2.96. The van der Waals surface area contributed by atoms with Crippen LogP contribution in [0.15, 0.2) is 53.8 Å². The summed E-state index contributed by atoms with van der Waals surface area (Å²) in [6.45, 7) is 0. The second-order valence-corrected chi connectivity index (χ2v) is 5.48. The smallest absolute Gasteiger partial charge is 0.241 e. The molecule has 1 aliphatic carbocycles. The van der Waals surface area contributed by atoms with Crippen molar-refractivity contribution in [2.75, 3.05) is 14.2 Å². The van der Waals surface area contributed by atoms with Crippen molar-refractivity contribution in [3.8, 4) is 5.75 Å². The first kappa shape index (κ1) is 17.1. The fraction of sp³-hybridized carbons (Fsp3) is 0.235. The van der Waals surface area contributed by atoms with Crippen LogP contribution in [0.3, 0.4) is 0 Å². The molecule has 0 aliphatic heterocycles. The Morgan fingerprint density at radius 3 is 2.70 bits per heavy atom. The van der Waals surface area contributed by atoms with Crippen molar-refractivity contribution in [3.63, 3.8) is 0 Å². The predicted octanol–water partition coefficient (Wildman–Crippen LogP) is 2.44. The van der Waals surface area contributed by atoms with Crippen LogP contribution in [0.4, 0.5) is 0 Å². The van der Waals surface area contributed by atoms with Crippen molar-refractivity contribution in [1.82, 2.24) is 0 Å². The lowest BCUT2D eigenvalue weighted by Gasteiger charge is -2.34. The van der Waals surface area contributed by atoms with Crippen molar-refractivity contribution >= 4 is 17.5 Å². The minimum atomic E-state index is -1.46. The predicted molar refractivity (Wildman–Crippen MR) is 88.0 cm³/mol. The summed E-state index contributed by atoms with van der Waals surface area (Å²) in [6, 6.07) is 5.12. The summed E-state index contributed by atoms with van der Waals surface area (Å²) in [4.78, 5) is 10.9. The first-order chi connectivity index (χ1) is 10.9. The number of hydrogen-bond acceptors (Lipinski definition) is 4. The van der Waals surface area contributed by atoms with E-state index in [-0.39, 0.29) is 6.42 Å². The Morgan fingerprint density at radius 1 is 1.35 bits per heavy atom. The maximum Gasteiger partial charge on any atom is 0.241 e. The maximum absolute atomic E-state index is 11.3. The fourth-order valence-corrected chi connectivity index (χ4v) is 2.82. The summed E-state index contributed by atoms with van der Waals surface area (Å²) in [5.74, 6) is 0.172. The maximum atomic E-state index is 11.3. The van der Waals surface area contributed by atoms with Gasteiger partial charge in [0.25, 0.3) is 0 Å². The molecule has 1 atom stereocenters. The summed E-state index contributed by atoms with van der Waals surface area (Å²) < 4.78 is 10.7. The van der Waals surface area contributed by atoms with E-state index in [4.69, 9.17) is 26.8 Å². The van der Waals surface area contributed by atoms with Crippen LogP contribution >= 0.6 is 11.6 Å². The van der Waals surface area contributed by atoms with Gasteiger partial charge in [0.15, 0.2) is 5.60 Å². The fourth-order valence-electron chi connectivity index (χ4n) is 2.57. The molecule has 0 saturated heterocycles. The molecular formula is C17H18ClNO4. The standard InChI is InChI=1S/C17H18ClNO4/c1-22-14-8-6-11(7-9-15(19)20)10-17(14,21)12-4-3-5-13(18)16(12)23-2/h3-9,21H,10H2,1-2H3,(H2,19,20)/b9-7+. The highest BCUT2D eigenvalue weighted by molar-refractivity contribution is 6.32. The van der Waals surface area contributed by atoms with Gasteiger partial charge in [-0.15, -0.1) is 0 Å². The molecule has 0 fully saturated rings. The van der Waals surface area contributed by atoms with E-state index in [0.29, 0.717) is 27.7 Å². The van der Waals surface area contributed by atoms with Crippen LogP contribution in [-0.2, 0) is 15.1 Å². The number of primary amides is 1. The molecule has 23 heavy (non-hydrogen) atoms. The zero-order chi connectivity index (χ0) is 17.0. The SMILES string of the molecule is COC1=CC=C(/C=C/C(N)=O)CC1(O)c1cccc(Cl)c1OC. The number of carbonyl (C=O) groups excluding carboxylic acids is 1. The highest BCUT2D eigenvalue weighted by Gasteiger charge is 2.40. The number of aliphatic hydroxyl groups is 1. The molecule has 0 radical (unpaired) electrons. The van der Waals surface area contributed by atoms with Crippen LogP contribution < -0.4 is 10.5 Å². The number of nitrogens with two attached hydrogens (primary N) is 1. The molecule has 1 aromatic rings. The van der Waals surface area contributed by atoms with Crippen molar-refractivity contribution < 1.29 is 19.4 Å². The molecule has 1 unspecified atom stereocenters. The number of carbonyl (C=O) groups is 1. The Balaban J connectivity index is 2.51. The highest BCUT2D eigenvalue weighted by Crippen LogP contribution is 2.45. The van der Waals surface area contributed by atoms with E-state index < -0.39 is 11.5 Å². The largest absolute Gasteiger partial charge is 0.498 e. The van der Waals surface area contributed by atoms with E-state index in [2.05, 4.69) is 0 Å². The van der Waals surface area contributed by atoms with Gasteiger partial charge in [0.05, 0.1) is 19.2 Å². The first-order valence-electron chi connectivity index (χ1n) is 6.90. The van der Waals surface area contributed by atoms with Gasteiger partial charge in [0, 0.05) is 18.1 Å². The molecule has 1 aliphatic rings. The van der Waals surface area contributed by atoms with Gasteiger partial charge in [-0.2, -0.15) is 0 Å². The Kier molecular flexibility index (Phi) is 5.13. The summed E-state index contributed by atoms with van der Waals surface area (Å²) in [6.07, 6.45) is 6.39. The number of allylic oxidation sites excluding steroid dienone is 3. The topological polar surface area (TPSA) is 81.8 Å². The van der Waals surface area contributed by atoms with Gasteiger partial charge in [-0.1, -0.05) is 35.9 Å². The number of methoxy groups -OCH3 is 2. The van der Waals surface area contributed by atoms with Crippen LogP contribution in [0.25, 0.3) is 0 Å². The Hall–Kier alpha value is -2.24. The third-order valence-electron chi connectivity index (χ3n) is 3.61. The van der Waals surface area contributed by atoms with Crippen molar-refractivity contribution in [1.29, 1.82) is 0 Å². The molecular weight excluding hydrogens is 318 g/mol. The molecule has 6 heteroatoms. The Morgan fingerprint density at radius 2 is 2.09 bits per heavy atom. The lowest BCUT2D eigenvalue weighted by atomic mass is 9.81. The average molecular weight is 336 g/mol. The highest BCUT2D eigenvalue weighted by atomic mass is 35.5. The van der Waals surface area contributed by atoms with Crippen LogP contribution in [0.5, 0.6) is 5.75 Å². The van der Waals surface area contributed by atoms with Crippen LogP contribution in [0.2, 0.25) is 5.02 Å². The Labute approximate surface area is 139 Å². The minimum Gasteiger partial charge on any atom is -0.498 e. The van der Waals surface area contributed by atoms with Crippen molar-refractivity contribution in [3.05, 3.63) is 64.4 Å². The van der Waals surface area contributed by atoms with E-state index >= 15 is 0 Å². The van der Waals surface area contributed by atoms with Crippen LogP contribution in [0, 0.1) is 0 Å². The number of ether oxygens (including phenoxy) is 2. The molecule has 5 nitrogen and oxygen atoms in total. The molecule has 0 heterocycles. The Bertz CT molecular complexity index is 709. The number of benzene rings is 1. The van der Waals surface area contributed by atoms with Gasteiger partial charge in [0.2, 0.25) is 5.91 Å². The van der Waals surface area contributed by atoms with Crippen LogP contribution in [-0.4, -0.2) is 25.2 Å². The second kappa shape index (κ2) is 6.89. The molecule has 3 N–H and O–H groups in total. The van der Waals surface area contributed by atoms with Gasteiger partial charge in [0.1, 0.15) is 11.5 Å². The van der Waals surface area contributed by atoms with Crippen molar-refractivity contribution in [2.24, 2.45) is 5.73 Å².